The number of carbonyl (C=O) groups excluding carboxylic acids is 1. The van der Waals surface area contributed by atoms with Gasteiger partial charge >= 0.3 is 12.0 Å². The first-order chi connectivity index (χ1) is 10.0. The van der Waals surface area contributed by atoms with Crippen molar-refractivity contribution in [2.45, 2.75) is 13.0 Å². The monoisotopic (exact) mass is 291 g/mol. The zero-order chi connectivity index (χ0) is 15.4. The summed E-state index contributed by atoms with van der Waals surface area (Å²) < 4.78 is 13.4. The van der Waals surface area contributed by atoms with Gasteiger partial charge in [0.25, 0.3) is 0 Å². The van der Waals surface area contributed by atoms with Gasteiger partial charge in [-0.05, 0) is 24.1 Å². The number of hydrogen-bond acceptors (Lipinski definition) is 3. The highest BCUT2D eigenvalue weighted by Crippen LogP contribution is 2.16. The number of likely N-dealkylation sites (tertiary alicyclic amines) is 1. The molecule has 2 N–H and O–H groups in total. The van der Waals surface area contributed by atoms with Gasteiger partial charge < -0.3 is 15.3 Å². The van der Waals surface area contributed by atoms with Gasteiger partial charge in [-0.3, -0.25) is 4.79 Å². The average molecular weight is 291 g/mol. The Kier molecular flexibility index (Phi) is 4.38. The molecule has 1 fully saturated rings. The lowest BCUT2D eigenvalue weighted by Gasteiger charge is -2.16. The predicted molar refractivity (Wildman–Crippen MR) is 70.7 cm³/mol. The molecule has 1 aromatic carbocycles. The van der Waals surface area contributed by atoms with Gasteiger partial charge in [-0.15, -0.1) is 0 Å². The van der Waals surface area contributed by atoms with Crippen molar-refractivity contribution < 1.29 is 19.1 Å². The summed E-state index contributed by atoms with van der Waals surface area (Å²) in [6, 6.07) is 5.46. The normalized spacial score (nSPS) is 17.3. The van der Waals surface area contributed by atoms with Crippen molar-refractivity contribution in [2.75, 3.05) is 13.1 Å². The van der Waals surface area contributed by atoms with Crippen LogP contribution in [0.3, 0.4) is 0 Å². The Morgan fingerprint density at radius 1 is 1.52 bits per heavy atom. The van der Waals surface area contributed by atoms with Crippen LogP contribution in [-0.2, 0) is 11.3 Å². The number of carboxylic acids is 1. The second kappa shape index (κ2) is 6.22. The maximum atomic E-state index is 13.4. The van der Waals surface area contributed by atoms with Gasteiger partial charge in [0, 0.05) is 19.6 Å². The van der Waals surface area contributed by atoms with E-state index in [9.17, 15) is 14.0 Å². The lowest BCUT2D eigenvalue weighted by molar-refractivity contribution is -0.141. The fourth-order valence-electron chi connectivity index (χ4n) is 2.20. The van der Waals surface area contributed by atoms with Crippen molar-refractivity contribution in [2.24, 2.45) is 5.92 Å². The molecule has 7 heteroatoms. The van der Waals surface area contributed by atoms with Gasteiger partial charge in [0.1, 0.15) is 11.9 Å². The number of hydrogen-bond donors (Lipinski definition) is 2. The second-order valence-corrected chi connectivity index (χ2v) is 4.85. The van der Waals surface area contributed by atoms with Crippen LogP contribution in [0.25, 0.3) is 0 Å². The summed E-state index contributed by atoms with van der Waals surface area (Å²) in [5, 5.41) is 20.1. The minimum absolute atomic E-state index is 0.0473. The summed E-state index contributed by atoms with van der Waals surface area (Å²) in [5.74, 6) is -2.06. The third-order valence-electron chi connectivity index (χ3n) is 3.42. The summed E-state index contributed by atoms with van der Waals surface area (Å²) in [6.45, 7) is 0.698. The van der Waals surface area contributed by atoms with E-state index in [0.717, 1.165) is 0 Å². The van der Waals surface area contributed by atoms with E-state index in [2.05, 4.69) is 5.32 Å². The molecule has 1 unspecified atom stereocenters. The van der Waals surface area contributed by atoms with E-state index in [1.165, 1.54) is 17.0 Å². The van der Waals surface area contributed by atoms with Crippen molar-refractivity contribution in [1.29, 1.82) is 5.26 Å². The maximum Gasteiger partial charge on any atom is 0.317 e. The SMILES string of the molecule is N#Cc1ccc(CNC(=O)N2CCC(C(=O)O)C2)cc1F. The van der Waals surface area contributed by atoms with Crippen LogP contribution in [-0.4, -0.2) is 35.1 Å². The number of nitrogens with one attached hydrogen (secondary N) is 1. The molecule has 1 aliphatic rings. The van der Waals surface area contributed by atoms with Crippen LogP contribution in [0.2, 0.25) is 0 Å². The topological polar surface area (TPSA) is 93.4 Å². The Hall–Kier alpha value is -2.62. The molecule has 1 heterocycles. The molecule has 0 spiro atoms. The molecule has 2 rings (SSSR count). The van der Waals surface area contributed by atoms with Crippen LogP contribution in [0.1, 0.15) is 17.5 Å². The predicted octanol–water partition coefficient (Wildman–Crippen LogP) is 1.31. The number of carbonyl (C=O) groups is 2. The molecule has 0 aliphatic carbocycles. The molecular formula is C14H14FN3O3. The maximum absolute atomic E-state index is 13.4. The van der Waals surface area contributed by atoms with Crippen molar-refractivity contribution in [3.8, 4) is 6.07 Å². The van der Waals surface area contributed by atoms with Gasteiger partial charge in [-0.25, -0.2) is 9.18 Å². The highest BCUT2D eigenvalue weighted by atomic mass is 19.1. The van der Waals surface area contributed by atoms with E-state index in [1.807, 2.05) is 0 Å². The number of nitrogens with zero attached hydrogens (tertiary/aromatic N) is 2. The second-order valence-electron chi connectivity index (χ2n) is 4.85. The standard InChI is InChI=1S/C14H14FN3O3/c15-12-5-9(1-2-10(12)6-16)7-17-14(21)18-4-3-11(8-18)13(19)20/h1-2,5,11H,3-4,7-8H2,(H,17,21)(H,19,20). The highest BCUT2D eigenvalue weighted by Gasteiger charge is 2.30. The third kappa shape index (κ3) is 3.48. The smallest absolute Gasteiger partial charge is 0.317 e. The first-order valence-electron chi connectivity index (χ1n) is 6.45. The largest absolute Gasteiger partial charge is 0.481 e. The Balaban J connectivity index is 1.89. The lowest BCUT2D eigenvalue weighted by Crippen LogP contribution is -2.38. The molecule has 6 nitrogen and oxygen atoms in total. The molecule has 1 saturated heterocycles. The summed E-state index contributed by atoms with van der Waals surface area (Å²) >= 11 is 0. The van der Waals surface area contributed by atoms with Crippen LogP contribution in [0, 0.1) is 23.1 Å². The molecular weight excluding hydrogens is 277 g/mol. The molecule has 2 amide bonds. The number of urea groups is 1. The van der Waals surface area contributed by atoms with Crippen LogP contribution in [0.15, 0.2) is 18.2 Å². The molecule has 21 heavy (non-hydrogen) atoms. The van der Waals surface area contributed by atoms with Crippen LogP contribution in [0.4, 0.5) is 9.18 Å². The van der Waals surface area contributed by atoms with Gasteiger partial charge in [0.05, 0.1) is 11.5 Å². The highest BCUT2D eigenvalue weighted by molar-refractivity contribution is 5.77. The zero-order valence-corrected chi connectivity index (χ0v) is 11.2. The number of carboxylic acid groups (broad SMARTS) is 1. The van der Waals surface area contributed by atoms with E-state index in [-0.39, 0.29) is 24.7 Å². The molecule has 1 aliphatic heterocycles. The van der Waals surface area contributed by atoms with Gasteiger partial charge in [-0.1, -0.05) is 6.07 Å². The minimum Gasteiger partial charge on any atom is -0.481 e. The molecule has 0 aromatic heterocycles. The van der Waals surface area contributed by atoms with Gasteiger partial charge in [-0.2, -0.15) is 5.26 Å². The number of aliphatic carboxylic acids is 1. The van der Waals surface area contributed by atoms with Crippen molar-refractivity contribution in [1.82, 2.24) is 10.2 Å². The van der Waals surface area contributed by atoms with E-state index in [0.29, 0.717) is 18.5 Å². The summed E-state index contributed by atoms with van der Waals surface area (Å²) in [7, 11) is 0. The van der Waals surface area contributed by atoms with Crippen LogP contribution in [0.5, 0.6) is 0 Å². The van der Waals surface area contributed by atoms with Crippen molar-refractivity contribution in [3.05, 3.63) is 35.1 Å². The molecule has 0 radical (unpaired) electrons. The third-order valence-corrected chi connectivity index (χ3v) is 3.42. The fourth-order valence-corrected chi connectivity index (χ4v) is 2.20. The summed E-state index contributed by atoms with van der Waals surface area (Å²) in [5.41, 5.74) is 0.489. The lowest BCUT2D eigenvalue weighted by atomic mass is 10.1. The molecule has 0 saturated carbocycles. The zero-order valence-electron chi connectivity index (χ0n) is 11.2. The van der Waals surface area contributed by atoms with Crippen molar-refractivity contribution in [3.63, 3.8) is 0 Å². The first-order valence-corrected chi connectivity index (χ1v) is 6.45. The van der Waals surface area contributed by atoms with Crippen molar-refractivity contribution >= 4 is 12.0 Å². The Morgan fingerprint density at radius 2 is 2.29 bits per heavy atom. The van der Waals surface area contributed by atoms with Gasteiger partial charge in [0.2, 0.25) is 0 Å². The summed E-state index contributed by atoms with van der Waals surface area (Å²) in [4.78, 5) is 24.1. The van der Waals surface area contributed by atoms with Crippen LogP contribution < -0.4 is 5.32 Å². The quantitative estimate of drug-likeness (QED) is 0.878. The molecule has 1 aromatic rings. The Morgan fingerprint density at radius 3 is 2.86 bits per heavy atom. The molecule has 1 atom stereocenters. The van der Waals surface area contributed by atoms with E-state index in [1.54, 1.807) is 12.1 Å². The average Bonchev–Trinajstić information content (AvgIpc) is 2.95. The van der Waals surface area contributed by atoms with E-state index < -0.39 is 17.7 Å². The van der Waals surface area contributed by atoms with E-state index in [4.69, 9.17) is 10.4 Å². The fraction of sp³-hybridized carbons (Fsp3) is 0.357. The number of amides is 2. The number of rotatable bonds is 3. The Labute approximate surface area is 120 Å². The first kappa shape index (κ1) is 14.8. The molecule has 0 bridgehead atoms. The number of nitriles is 1. The summed E-state index contributed by atoms with van der Waals surface area (Å²) in [6.07, 6.45) is 0.439. The minimum atomic E-state index is -0.903. The molecule has 110 valence electrons. The van der Waals surface area contributed by atoms with Gasteiger partial charge in [0.15, 0.2) is 0 Å². The number of benzene rings is 1. The number of halogens is 1. The van der Waals surface area contributed by atoms with Crippen LogP contribution >= 0.6 is 0 Å². The van der Waals surface area contributed by atoms with E-state index >= 15 is 0 Å². The Bertz CT molecular complexity index is 612.